The molecule has 0 aliphatic rings. The third kappa shape index (κ3) is 3.80. The van der Waals surface area contributed by atoms with Gasteiger partial charge >= 0.3 is 6.03 Å². The Morgan fingerprint density at radius 1 is 1.47 bits per heavy atom. The van der Waals surface area contributed by atoms with Gasteiger partial charge in [-0.15, -0.1) is 21.8 Å². The highest BCUT2D eigenvalue weighted by Gasteiger charge is 2.09. The second kappa shape index (κ2) is 5.62. The summed E-state index contributed by atoms with van der Waals surface area (Å²) in [5.41, 5.74) is 0. The quantitative estimate of drug-likeness (QED) is 0.782. The molecule has 1 aromatic heterocycles. The highest BCUT2D eigenvalue weighted by Crippen LogP contribution is 2.14. The van der Waals surface area contributed by atoms with Gasteiger partial charge in [0.1, 0.15) is 10.9 Å². The van der Waals surface area contributed by atoms with E-state index in [1.165, 1.54) is 11.3 Å². The molecule has 2 N–H and O–H groups in total. The number of amides is 3. The van der Waals surface area contributed by atoms with Crippen LogP contribution in [0.15, 0.2) is 0 Å². The highest BCUT2D eigenvalue weighted by atomic mass is 35.5. The Bertz CT molecular complexity index is 368. The van der Waals surface area contributed by atoms with E-state index in [1.807, 2.05) is 12.2 Å². The summed E-state index contributed by atoms with van der Waals surface area (Å²) in [7, 11) is 0. The number of aromatic nitrogens is 2. The molecule has 0 saturated heterocycles. The van der Waals surface area contributed by atoms with E-state index in [0.717, 1.165) is 11.4 Å². The van der Waals surface area contributed by atoms with Crippen LogP contribution in [0.5, 0.6) is 0 Å². The second-order valence-electron chi connectivity index (χ2n) is 2.49. The molecule has 82 valence electrons. The third-order valence-electron chi connectivity index (χ3n) is 1.36. The Morgan fingerprint density at radius 2 is 2.20 bits per heavy atom. The van der Waals surface area contributed by atoms with Crippen LogP contribution >= 0.6 is 22.9 Å². The lowest BCUT2D eigenvalue weighted by Gasteiger charge is -2.00. The fourth-order valence-corrected chi connectivity index (χ4v) is 1.48. The first-order chi connectivity index (χ1) is 7.15. The average molecular weight is 249 g/mol. The van der Waals surface area contributed by atoms with Gasteiger partial charge in [-0.3, -0.25) is 15.4 Å². The predicted octanol–water partition coefficient (Wildman–Crippen LogP) is 0.987. The number of imide groups is 1. The lowest BCUT2D eigenvalue weighted by atomic mass is 10.5. The van der Waals surface area contributed by atoms with Crippen LogP contribution < -0.4 is 10.6 Å². The van der Waals surface area contributed by atoms with Crippen LogP contribution in [0.1, 0.15) is 11.9 Å². The first kappa shape index (κ1) is 11.9. The van der Waals surface area contributed by atoms with Crippen molar-refractivity contribution in [2.45, 2.75) is 13.3 Å². The van der Waals surface area contributed by atoms with E-state index in [2.05, 4.69) is 15.5 Å². The van der Waals surface area contributed by atoms with E-state index in [4.69, 9.17) is 11.6 Å². The van der Waals surface area contributed by atoms with Crippen molar-refractivity contribution in [2.24, 2.45) is 0 Å². The number of carbonyl (C=O) groups is 2. The number of anilines is 1. The monoisotopic (exact) mass is 248 g/mol. The van der Waals surface area contributed by atoms with Crippen molar-refractivity contribution < 1.29 is 9.59 Å². The number of halogens is 1. The van der Waals surface area contributed by atoms with Gasteiger partial charge in [0.25, 0.3) is 0 Å². The molecule has 15 heavy (non-hydrogen) atoms. The molecule has 1 aromatic rings. The number of urea groups is 1. The summed E-state index contributed by atoms with van der Waals surface area (Å²) < 4.78 is 0. The summed E-state index contributed by atoms with van der Waals surface area (Å²) in [6.45, 7) is 1.93. The molecule has 0 spiro atoms. The van der Waals surface area contributed by atoms with Crippen molar-refractivity contribution in [1.29, 1.82) is 0 Å². The van der Waals surface area contributed by atoms with E-state index in [9.17, 15) is 9.59 Å². The predicted molar refractivity (Wildman–Crippen MR) is 57.2 cm³/mol. The molecule has 1 heterocycles. The SMILES string of the molecule is CCc1nnc(NC(=O)NC(=O)CCl)s1. The Morgan fingerprint density at radius 3 is 2.73 bits per heavy atom. The van der Waals surface area contributed by atoms with Crippen molar-refractivity contribution in [3.63, 3.8) is 0 Å². The number of rotatable bonds is 3. The maximum atomic E-state index is 11.1. The molecule has 0 radical (unpaired) electrons. The zero-order valence-corrected chi connectivity index (χ0v) is 9.48. The Labute approximate surface area is 95.0 Å². The highest BCUT2D eigenvalue weighted by molar-refractivity contribution is 7.15. The summed E-state index contributed by atoms with van der Waals surface area (Å²) in [5.74, 6) is -0.821. The van der Waals surface area contributed by atoms with Gasteiger partial charge in [0, 0.05) is 0 Å². The lowest BCUT2D eigenvalue weighted by Crippen LogP contribution is -2.35. The maximum Gasteiger partial charge on any atom is 0.327 e. The summed E-state index contributed by atoms with van der Waals surface area (Å²) in [6, 6.07) is -0.653. The number of aryl methyl sites for hydroxylation is 1. The van der Waals surface area contributed by atoms with Crippen molar-refractivity contribution in [3.8, 4) is 0 Å². The van der Waals surface area contributed by atoms with Gasteiger partial charge in [0.15, 0.2) is 0 Å². The fraction of sp³-hybridized carbons (Fsp3) is 0.429. The minimum Gasteiger partial charge on any atom is -0.282 e. The van der Waals surface area contributed by atoms with Crippen LogP contribution in [-0.4, -0.2) is 28.0 Å². The summed E-state index contributed by atoms with van der Waals surface area (Å²) >= 11 is 6.47. The van der Waals surface area contributed by atoms with Crippen molar-refractivity contribution in [2.75, 3.05) is 11.2 Å². The van der Waals surface area contributed by atoms with Crippen LogP contribution in [-0.2, 0) is 11.2 Å². The van der Waals surface area contributed by atoms with E-state index < -0.39 is 11.9 Å². The van der Waals surface area contributed by atoms with Gasteiger partial charge in [-0.25, -0.2) is 4.79 Å². The molecule has 0 bridgehead atoms. The summed E-state index contributed by atoms with van der Waals surface area (Å²) in [4.78, 5) is 21.9. The van der Waals surface area contributed by atoms with Crippen LogP contribution in [0, 0.1) is 0 Å². The number of nitrogens with zero attached hydrogens (tertiary/aromatic N) is 2. The van der Waals surface area contributed by atoms with Gasteiger partial charge in [0.2, 0.25) is 11.0 Å². The first-order valence-corrected chi connectivity index (χ1v) is 5.50. The third-order valence-corrected chi connectivity index (χ3v) is 2.59. The standard InChI is InChI=1S/C7H9ClN4O2S/c1-2-5-11-12-7(15-5)10-6(14)9-4(13)3-8/h2-3H2,1H3,(H2,9,10,12,13,14). The van der Waals surface area contributed by atoms with Gasteiger partial charge in [-0.05, 0) is 6.42 Å². The van der Waals surface area contributed by atoms with E-state index in [1.54, 1.807) is 0 Å². The second-order valence-corrected chi connectivity index (χ2v) is 3.82. The molecule has 3 amide bonds. The molecular weight excluding hydrogens is 240 g/mol. The minimum absolute atomic E-state index is 0.260. The first-order valence-electron chi connectivity index (χ1n) is 4.15. The smallest absolute Gasteiger partial charge is 0.282 e. The van der Waals surface area contributed by atoms with Crippen molar-refractivity contribution in [3.05, 3.63) is 5.01 Å². The molecule has 0 unspecified atom stereocenters. The van der Waals surface area contributed by atoms with Crippen LogP contribution in [0.4, 0.5) is 9.93 Å². The van der Waals surface area contributed by atoms with Crippen LogP contribution in [0.2, 0.25) is 0 Å². The number of alkyl halides is 1. The molecular formula is C7H9ClN4O2S. The topological polar surface area (TPSA) is 84.0 Å². The van der Waals surface area contributed by atoms with Gasteiger partial charge in [-0.2, -0.15) is 0 Å². The zero-order chi connectivity index (χ0) is 11.3. The molecule has 0 aromatic carbocycles. The summed E-state index contributed by atoms with van der Waals surface area (Å²) in [5, 5.41) is 13.1. The minimum atomic E-state index is -0.653. The van der Waals surface area contributed by atoms with E-state index in [0.29, 0.717) is 5.13 Å². The molecule has 0 atom stereocenters. The van der Waals surface area contributed by atoms with E-state index in [-0.39, 0.29) is 5.88 Å². The lowest BCUT2D eigenvalue weighted by molar-refractivity contribution is -0.117. The summed E-state index contributed by atoms with van der Waals surface area (Å²) in [6.07, 6.45) is 0.752. The van der Waals surface area contributed by atoms with E-state index >= 15 is 0 Å². The fourth-order valence-electron chi connectivity index (χ4n) is 0.735. The largest absolute Gasteiger partial charge is 0.327 e. The van der Waals surface area contributed by atoms with Crippen LogP contribution in [0.3, 0.4) is 0 Å². The number of hydrogen-bond donors (Lipinski definition) is 2. The number of hydrogen-bond acceptors (Lipinski definition) is 5. The van der Waals surface area contributed by atoms with Gasteiger partial charge in [-0.1, -0.05) is 18.3 Å². The van der Waals surface area contributed by atoms with Crippen molar-refractivity contribution in [1.82, 2.24) is 15.5 Å². The average Bonchev–Trinajstić information content (AvgIpc) is 2.65. The van der Waals surface area contributed by atoms with Gasteiger partial charge in [0.05, 0.1) is 0 Å². The number of nitrogens with one attached hydrogen (secondary N) is 2. The molecule has 0 fully saturated rings. The Balaban J connectivity index is 2.47. The maximum absolute atomic E-state index is 11.1. The molecule has 0 aliphatic carbocycles. The van der Waals surface area contributed by atoms with Crippen molar-refractivity contribution >= 4 is 40.0 Å². The molecule has 6 nitrogen and oxygen atoms in total. The van der Waals surface area contributed by atoms with Gasteiger partial charge < -0.3 is 0 Å². The molecule has 1 rings (SSSR count). The molecule has 0 aliphatic heterocycles. The molecule has 8 heteroatoms. The Kier molecular flexibility index (Phi) is 4.44. The normalized spacial score (nSPS) is 9.73. The zero-order valence-electron chi connectivity index (χ0n) is 7.91. The Hall–Kier alpha value is -1.21. The van der Waals surface area contributed by atoms with Crippen LogP contribution in [0.25, 0.3) is 0 Å². The number of carbonyl (C=O) groups excluding carboxylic acids is 2. The molecule has 0 saturated carbocycles.